The Morgan fingerprint density at radius 1 is 1.36 bits per heavy atom. The highest BCUT2D eigenvalue weighted by Gasteiger charge is 2.60. The first-order chi connectivity index (χ1) is 15.6. The van der Waals surface area contributed by atoms with Crippen LogP contribution in [-0.2, 0) is 24.0 Å². The fraction of sp³-hybridized carbons (Fsp3) is 0.727. The molecule has 3 fully saturated rings. The molecule has 3 saturated heterocycles. The third kappa shape index (κ3) is 4.31. The van der Waals surface area contributed by atoms with Gasteiger partial charge in [0.25, 0.3) is 0 Å². The average molecular weight is 481 g/mol. The number of Topliss-reactive ketones (excluding diaryl/α,β-unsaturated/α-hetero) is 1. The van der Waals surface area contributed by atoms with Crippen LogP contribution in [0.15, 0.2) is 10.6 Å². The van der Waals surface area contributed by atoms with E-state index in [-0.39, 0.29) is 64.5 Å². The van der Waals surface area contributed by atoms with E-state index in [0.717, 1.165) is 0 Å². The molecule has 0 aromatic carbocycles. The van der Waals surface area contributed by atoms with E-state index >= 15 is 0 Å². The number of aliphatic carboxylic acids is 1. The highest BCUT2D eigenvalue weighted by Crippen LogP contribution is 2.53. The van der Waals surface area contributed by atoms with E-state index in [1.165, 1.54) is 23.6 Å². The zero-order valence-corrected chi connectivity index (χ0v) is 20.0. The van der Waals surface area contributed by atoms with E-state index in [1.807, 2.05) is 13.8 Å². The number of ketones is 1. The molecule has 4 heterocycles. The third-order valence-electron chi connectivity index (χ3n) is 7.35. The second-order valence-corrected chi connectivity index (χ2v) is 11.0. The second-order valence-electron chi connectivity index (χ2n) is 9.68. The van der Waals surface area contributed by atoms with Crippen molar-refractivity contribution in [1.29, 1.82) is 0 Å². The number of nitrogens with two attached hydrogens (primary N) is 1. The van der Waals surface area contributed by atoms with Gasteiger partial charge in [0.05, 0.1) is 24.1 Å². The maximum Gasteiger partial charge on any atom is 0.353 e. The molecule has 4 aliphatic rings. The summed E-state index contributed by atoms with van der Waals surface area (Å²) in [6, 6.07) is -0.559. The van der Waals surface area contributed by atoms with Gasteiger partial charge >= 0.3 is 5.97 Å². The zero-order chi connectivity index (χ0) is 24.0. The van der Waals surface area contributed by atoms with Crippen LogP contribution in [0.1, 0.15) is 40.0 Å². The van der Waals surface area contributed by atoms with Crippen LogP contribution in [0.25, 0.3) is 0 Å². The van der Waals surface area contributed by atoms with Crippen molar-refractivity contribution in [3.63, 3.8) is 0 Å². The molecule has 4 N–H and O–H groups in total. The van der Waals surface area contributed by atoms with Gasteiger partial charge in [0.1, 0.15) is 11.5 Å². The Bertz CT molecular complexity index is 894. The summed E-state index contributed by atoms with van der Waals surface area (Å²) in [4.78, 5) is 58.1. The van der Waals surface area contributed by atoms with E-state index in [1.54, 1.807) is 4.90 Å². The molecule has 0 spiro atoms. The number of carboxylic acids is 1. The average Bonchev–Trinajstić information content (AvgIpc) is 3.46. The van der Waals surface area contributed by atoms with Gasteiger partial charge in [-0.15, -0.1) is 11.8 Å². The SMILES string of the molecule is CC(=O)C[C@H](C)[C@H]1C(=O)N2C(C(=O)O)=C(S[C@@H]3CN[C@H](C(=O)N4CC[C@H](ON)C4)C3)[C@H](C)[C@@H]12. The molecule has 4 rings (SSSR count). The summed E-state index contributed by atoms with van der Waals surface area (Å²) in [6.07, 6.45) is 1.47. The van der Waals surface area contributed by atoms with Crippen molar-refractivity contribution < 1.29 is 29.1 Å². The zero-order valence-electron chi connectivity index (χ0n) is 19.2. The Kier molecular flexibility index (Phi) is 6.86. The van der Waals surface area contributed by atoms with Gasteiger partial charge in [0, 0.05) is 42.1 Å². The van der Waals surface area contributed by atoms with Crippen molar-refractivity contribution in [3.05, 3.63) is 10.6 Å². The Labute approximate surface area is 197 Å². The summed E-state index contributed by atoms with van der Waals surface area (Å²) < 4.78 is 0. The van der Waals surface area contributed by atoms with Crippen LogP contribution in [0.4, 0.5) is 0 Å². The number of likely N-dealkylation sites (tertiary alicyclic amines) is 1. The van der Waals surface area contributed by atoms with Gasteiger partial charge < -0.3 is 25.0 Å². The number of thioether (sulfide) groups is 1. The molecule has 0 aromatic rings. The van der Waals surface area contributed by atoms with Crippen molar-refractivity contribution in [2.45, 2.75) is 63.5 Å². The minimum absolute atomic E-state index is 0.0154. The van der Waals surface area contributed by atoms with E-state index in [9.17, 15) is 24.3 Å². The van der Waals surface area contributed by atoms with Crippen molar-refractivity contribution >= 4 is 35.3 Å². The Morgan fingerprint density at radius 3 is 2.70 bits per heavy atom. The summed E-state index contributed by atoms with van der Waals surface area (Å²) in [6.45, 7) is 7.02. The van der Waals surface area contributed by atoms with Crippen molar-refractivity contribution in [2.24, 2.45) is 23.7 Å². The first-order valence-electron chi connectivity index (χ1n) is 11.5. The number of carboxylic acid groups (broad SMARTS) is 1. The highest BCUT2D eigenvalue weighted by molar-refractivity contribution is 8.03. The number of carbonyl (C=O) groups excluding carboxylic acids is 3. The van der Waals surface area contributed by atoms with E-state index in [2.05, 4.69) is 5.32 Å². The molecule has 10 nitrogen and oxygen atoms in total. The van der Waals surface area contributed by atoms with E-state index in [0.29, 0.717) is 43.8 Å². The fourth-order valence-corrected chi connectivity index (χ4v) is 7.25. The molecule has 4 aliphatic heterocycles. The number of hydrogen-bond acceptors (Lipinski definition) is 8. The molecule has 182 valence electrons. The van der Waals surface area contributed by atoms with Crippen LogP contribution in [0.3, 0.4) is 0 Å². The summed E-state index contributed by atoms with van der Waals surface area (Å²) >= 11 is 1.47. The van der Waals surface area contributed by atoms with Crippen molar-refractivity contribution in [3.8, 4) is 0 Å². The maximum absolute atomic E-state index is 12.9. The third-order valence-corrected chi connectivity index (χ3v) is 8.86. The molecule has 0 saturated carbocycles. The number of amides is 2. The van der Waals surface area contributed by atoms with E-state index < -0.39 is 5.97 Å². The minimum Gasteiger partial charge on any atom is -0.477 e. The Balaban J connectivity index is 1.43. The first kappa shape index (κ1) is 24.2. The molecule has 11 heteroatoms. The van der Waals surface area contributed by atoms with Crippen LogP contribution in [-0.4, -0.2) is 81.5 Å². The molecular weight excluding hydrogens is 448 g/mol. The smallest absolute Gasteiger partial charge is 0.353 e. The van der Waals surface area contributed by atoms with Gasteiger partial charge in [0.15, 0.2) is 0 Å². The molecule has 0 bridgehead atoms. The molecule has 33 heavy (non-hydrogen) atoms. The fourth-order valence-electron chi connectivity index (χ4n) is 5.77. The molecule has 0 unspecified atom stereocenters. The van der Waals surface area contributed by atoms with Gasteiger partial charge in [-0.3, -0.25) is 14.4 Å². The largest absolute Gasteiger partial charge is 0.477 e. The summed E-state index contributed by atoms with van der Waals surface area (Å²) in [7, 11) is 0. The monoisotopic (exact) mass is 480 g/mol. The van der Waals surface area contributed by atoms with Gasteiger partial charge in [-0.1, -0.05) is 13.8 Å². The lowest BCUT2D eigenvalue weighted by molar-refractivity contribution is -0.160. The Hall–Kier alpha value is -1.95. The Morgan fingerprint density at radius 2 is 2.09 bits per heavy atom. The molecule has 0 radical (unpaired) electrons. The molecule has 0 aliphatic carbocycles. The predicted octanol–water partition coefficient (Wildman–Crippen LogP) is 0.329. The summed E-state index contributed by atoms with van der Waals surface area (Å²) in [5, 5.41) is 13.2. The molecule has 7 atom stereocenters. The maximum atomic E-state index is 12.9. The summed E-state index contributed by atoms with van der Waals surface area (Å²) in [5.41, 5.74) is 0.0611. The quantitative estimate of drug-likeness (QED) is 0.331. The van der Waals surface area contributed by atoms with Crippen LogP contribution in [0.2, 0.25) is 0 Å². The normalized spacial score (nSPS) is 34.5. The number of fused-ring (bicyclic) bond motifs is 1. The summed E-state index contributed by atoms with van der Waals surface area (Å²) in [5.74, 6) is 3.36. The number of nitrogens with one attached hydrogen (secondary N) is 1. The lowest BCUT2D eigenvalue weighted by Crippen LogP contribution is -2.62. The van der Waals surface area contributed by atoms with Crippen LogP contribution in [0.5, 0.6) is 0 Å². The van der Waals surface area contributed by atoms with Gasteiger partial charge in [0.2, 0.25) is 11.8 Å². The van der Waals surface area contributed by atoms with Crippen molar-refractivity contribution in [1.82, 2.24) is 15.1 Å². The highest BCUT2D eigenvalue weighted by atomic mass is 32.2. The second kappa shape index (κ2) is 9.36. The van der Waals surface area contributed by atoms with Crippen LogP contribution >= 0.6 is 11.8 Å². The lowest BCUT2D eigenvalue weighted by atomic mass is 9.73. The number of nitrogens with zero attached hydrogens (tertiary/aromatic N) is 2. The number of carbonyl (C=O) groups is 4. The number of rotatable bonds is 8. The molecule has 2 amide bonds. The standard InChI is InChI=1S/C22H32N4O6S/c1-10(6-11(2)27)16-17-12(3)19(18(22(30)31)26(17)21(16)29)33-14-7-15(24-8-14)20(28)25-5-4-13(9-25)32-23/h10,12-17,24H,4-9,23H2,1-3H3,(H,30,31)/t10-,12+,13-,14-,15-,16+,17-/m0/s1. The predicted molar refractivity (Wildman–Crippen MR) is 120 cm³/mol. The lowest BCUT2D eigenvalue weighted by Gasteiger charge is -2.47. The van der Waals surface area contributed by atoms with Crippen LogP contribution < -0.4 is 11.2 Å². The molecular formula is C22H32N4O6S. The van der Waals surface area contributed by atoms with Gasteiger partial charge in [-0.05, 0) is 25.7 Å². The topological polar surface area (TPSA) is 142 Å². The van der Waals surface area contributed by atoms with E-state index in [4.69, 9.17) is 10.7 Å². The van der Waals surface area contributed by atoms with Gasteiger partial charge in [-0.2, -0.15) is 0 Å². The number of β-lactam (4-membered cyclic amide) rings is 1. The van der Waals surface area contributed by atoms with Gasteiger partial charge in [-0.25, -0.2) is 10.7 Å². The van der Waals surface area contributed by atoms with Crippen molar-refractivity contribution in [2.75, 3.05) is 19.6 Å². The number of hydrogen-bond donors (Lipinski definition) is 3. The first-order valence-corrected chi connectivity index (χ1v) is 12.4. The molecule has 0 aromatic heterocycles. The van der Waals surface area contributed by atoms with Crippen LogP contribution in [0, 0.1) is 17.8 Å². The minimum atomic E-state index is -1.11.